The molecule has 0 saturated carbocycles. The Hall–Kier alpha value is -3.36. The second-order valence-corrected chi connectivity index (χ2v) is 11.6. The minimum Gasteiger partial charge on any atom is -0.457 e. The van der Waals surface area contributed by atoms with Crippen LogP contribution in [0.15, 0.2) is 61.2 Å². The van der Waals surface area contributed by atoms with Crippen LogP contribution in [0.4, 0.5) is 0 Å². The standard InChI is InChI=1S/C22H28N8O.2ClHO4/c1-21(2,3)29-23-15-27(25-29)17-7-11-19(12-8-17)31-20-13-9-18(10-14-20)28-16-24-30(26-28)22(4,5)6;2*2-1(3,4)5/h7-16H,1-6H3;2*(H,2,3,4,5)/q+2;;/p-2. The van der Waals surface area contributed by atoms with E-state index in [9.17, 15) is 0 Å². The highest BCUT2D eigenvalue weighted by Crippen LogP contribution is 2.22. The van der Waals surface area contributed by atoms with Crippen LogP contribution in [0.2, 0.25) is 0 Å². The Labute approximate surface area is 238 Å². The smallest absolute Gasteiger partial charge is 0.291 e. The van der Waals surface area contributed by atoms with E-state index in [4.69, 9.17) is 42.0 Å². The van der Waals surface area contributed by atoms with Gasteiger partial charge in [0.2, 0.25) is 0 Å². The average Bonchev–Trinajstić information content (AvgIpc) is 3.48. The van der Waals surface area contributed by atoms with Crippen LogP contribution in [-0.4, -0.2) is 30.2 Å². The average molecular weight is 619 g/mol. The predicted octanol–water partition coefficient (Wildman–Crippen LogP) is -6.79. The van der Waals surface area contributed by atoms with E-state index in [-0.39, 0.29) is 11.1 Å². The molecule has 0 spiro atoms. The molecule has 0 saturated heterocycles. The first-order valence-corrected chi connectivity index (χ1v) is 13.9. The van der Waals surface area contributed by atoms with Crippen LogP contribution in [0.3, 0.4) is 0 Å². The van der Waals surface area contributed by atoms with Gasteiger partial charge >= 0.3 is 0 Å². The molecule has 0 bridgehead atoms. The van der Waals surface area contributed by atoms with Crippen molar-refractivity contribution < 1.29 is 71.9 Å². The Balaban J connectivity index is 0.000000507. The fourth-order valence-corrected chi connectivity index (χ4v) is 2.79. The van der Waals surface area contributed by atoms with E-state index in [2.05, 4.69) is 62.2 Å². The molecule has 0 atom stereocenters. The third kappa shape index (κ3) is 12.8. The number of ether oxygens (including phenoxy) is 1. The number of rotatable bonds is 4. The summed E-state index contributed by atoms with van der Waals surface area (Å²) in [6, 6.07) is 15.5. The van der Waals surface area contributed by atoms with Gasteiger partial charge in [-0.3, -0.25) is 0 Å². The highest BCUT2D eigenvalue weighted by Gasteiger charge is 2.25. The molecule has 0 aliphatic rings. The van der Waals surface area contributed by atoms with Crippen LogP contribution in [0.5, 0.6) is 11.5 Å². The zero-order chi connectivity index (χ0) is 31.2. The molecule has 17 nitrogen and oxygen atoms in total. The van der Waals surface area contributed by atoms with E-state index in [0.717, 1.165) is 22.9 Å². The molecule has 4 rings (SSSR count). The molecule has 0 unspecified atom stereocenters. The van der Waals surface area contributed by atoms with Crippen molar-refractivity contribution in [3.63, 3.8) is 0 Å². The molecule has 0 amide bonds. The van der Waals surface area contributed by atoms with Gasteiger partial charge in [0.15, 0.2) is 0 Å². The summed E-state index contributed by atoms with van der Waals surface area (Å²) in [7, 11) is -9.89. The predicted molar refractivity (Wildman–Crippen MR) is 113 cm³/mol. The van der Waals surface area contributed by atoms with Crippen molar-refractivity contribution in [1.29, 1.82) is 0 Å². The van der Waals surface area contributed by atoms with Crippen LogP contribution < -0.4 is 51.4 Å². The molecule has 2 heterocycles. The normalized spacial score (nSPS) is 12.1. The monoisotopic (exact) mass is 618 g/mol. The van der Waals surface area contributed by atoms with E-state index >= 15 is 0 Å². The molecular formula is C22H28Cl2N8O9. The lowest BCUT2D eigenvalue weighted by molar-refractivity contribution is -2.00. The van der Waals surface area contributed by atoms with E-state index < -0.39 is 20.5 Å². The van der Waals surface area contributed by atoms with Crippen molar-refractivity contribution in [3.05, 3.63) is 61.2 Å². The van der Waals surface area contributed by atoms with Gasteiger partial charge in [0.1, 0.15) is 34.0 Å². The lowest BCUT2D eigenvalue weighted by Gasteiger charge is -2.17. The quantitative estimate of drug-likeness (QED) is 0.193. The first-order chi connectivity index (χ1) is 18.6. The van der Waals surface area contributed by atoms with Crippen LogP contribution in [0.1, 0.15) is 41.5 Å². The third-order valence-corrected chi connectivity index (χ3v) is 4.54. The van der Waals surface area contributed by atoms with Gasteiger partial charge in [0.25, 0.3) is 12.7 Å². The molecule has 2 aromatic carbocycles. The Morgan fingerprint density at radius 2 is 0.829 bits per heavy atom. The third-order valence-electron chi connectivity index (χ3n) is 4.54. The number of halogens is 2. The van der Waals surface area contributed by atoms with Gasteiger partial charge in [-0.25, -0.2) is 37.3 Å². The lowest BCUT2D eigenvalue weighted by atomic mass is 10.1. The fraction of sp³-hybridized carbons (Fsp3) is 0.364. The van der Waals surface area contributed by atoms with Crippen LogP contribution in [0.25, 0.3) is 11.4 Å². The van der Waals surface area contributed by atoms with Gasteiger partial charge in [0, 0.05) is 0 Å². The van der Waals surface area contributed by atoms with Crippen molar-refractivity contribution in [2.24, 2.45) is 0 Å². The maximum atomic E-state index is 8.49. The minimum absolute atomic E-state index is 0.167. The number of nitrogens with zero attached hydrogens (tertiary/aromatic N) is 8. The topological polar surface area (TPSA) is 263 Å². The number of tetrazole rings is 2. The summed E-state index contributed by atoms with van der Waals surface area (Å²) in [5.74, 6) is 1.48. The highest BCUT2D eigenvalue weighted by atomic mass is 35.7. The molecule has 0 radical (unpaired) electrons. The van der Waals surface area contributed by atoms with Gasteiger partial charge in [-0.2, -0.15) is 0 Å². The maximum absolute atomic E-state index is 8.49. The van der Waals surface area contributed by atoms with Crippen molar-refractivity contribution in [1.82, 2.24) is 30.2 Å². The van der Waals surface area contributed by atoms with E-state index in [1.165, 1.54) is 0 Å². The molecule has 0 aliphatic heterocycles. The second-order valence-electron chi connectivity index (χ2n) is 10.1. The van der Waals surface area contributed by atoms with Crippen molar-refractivity contribution in [2.45, 2.75) is 52.6 Å². The second kappa shape index (κ2) is 13.1. The molecule has 224 valence electrons. The number of benzene rings is 2. The first-order valence-electron chi connectivity index (χ1n) is 11.4. The molecule has 2 aromatic heterocycles. The zero-order valence-corrected chi connectivity index (χ0v) is 24.3. The number of hydrogen-bond acceptors (Lipinski definition) is 13. The van der Waals surface area contributed by atoms with Crippen LogP contribution >= 0.6 is 0 Å². The Kier molecular flexibility index (Phi) is 10.8. The van der Waals surface area contributed by atoms with Gasteiger partial charge in [-0.1, -0.05) is 0 Å². The Morgan fingerprint density at radius 3 is 1.05 bits per heavy atom. The summed E-state index contributed by atoms with van der Waals surface area (Å²) >= 11 is 0. The highest BCUT2D eigenvalue weighted by molar-refractivity contribution is 5.37. The Morgan fingerprint density at radius 1 is 0.561 bits per heavy atom. The first kappa shape index (κ1) is 33.8. The number of aromatic nitrogens is 8. The van der Waals surface area contributed by atoms with Crippen molar-refractivity contribution in [2.75, 3.05) is 0 Å². The Bertz CT molecular complexity index is 1260. The van der Waals surface area contributed by atoms with E-state index in [1.54, 1.807) is 31.6 Å². The maximum Gasteiger partial charge on any atom is 0.291 e. The molecule has 0 N–H and O–H groups in total. The number of hydrogen-bond donors (Lipinski definition) is 0. The molecule has 4 aromatic rings. The van der Waals surface area contributed by atoms with Gasteiger partial charge in [0.05, 0.1) is 20.6 Å². The zero-order valence-electron chi connectivity index (χ0n) is 22.8. The van der Waals surface area contributed by atoms with Gasteiger partial charge < -0.3 is 4.74 Å². The largest absolute Gasteiger partial charge is 0.457 e. The molecule has 41 heavy (non-hydrogen) atoms. The molecular weight excluding hydrogens is 591 g/mol. The summed E-state index contributed by atoms with van der Waals surface area (Å²) < 4.78 is 77.4. The van der Waals surface area contributed by atoms with Crippen LogP contribution in [0, 0.1) is 20.5 Å². The molecule has 19 heteroatoms. The SMILES string of the molecule is CC(C)(C)n1nc[n+](-c2ccc(Oc3ccc(-[n+]4cnn(C(C)(C)C)n4)cc3)cc2)n1.[O-][Cl+3]([O-])([O-])[O-].[O-][Cl+3]([O-])([O-])[O-]. The molecule has 0 fully saturated rings. The summed E-state index contributed by atoms with van der Waals surface area (Å²) in [6.07, 6.45) is 3.40. The van der Waals surface area contributed by atoms with Crippen molar-refractivity contribution in [3.8, 4) is 22.9 Å². The lowest BCUT2D eigenvalue weighted by Crippen LogP contribution is -2.68. The van der Waals surface area contributed by atoms with E-state index in [1.807, 2.05) is 48.5 Å². The van der Waals surface area contributed by atoms with E-state index in [0.29, 0.717) is 0 Å². The van der Waals surface area contributed by atoms with Crippen molar-refractivity contribution >= 4 is 0 Å². The summed E-state index contributed by atoms with van der Waals surface area (Å²) in [5, 5.41) is 17.6. The summed E-state index contributed by atoms with van der Waals surface area (Å²) in [5.41, 5.74) is 1.49. The summed E-state index contributed by atoms with van der Waals surface area (Å²) in [4.78, 5) is 3.38. The molecule has 0 aliphatic carbocycles. The fourth-order valence-electron chi connectivity index (χ4n) is 2.79. The summed E-state index contributed by atoms with van der Waals surface area (Å²) in [6.45, 7) is 12.4. The minimum atomic E-state index is -4.94. The van der Waals surface area contributed by atoms with Gasteiger partial charge in [-0.15, -0.1) is 29.8 Å². The van der Waals surface area contributed by atoms with Crippen LogP contribution in [-0.2, 0) is 11.1 Å². The van der Waals surface area contributed by atoms with Gasteiger partial charge in [-0.05, 0) is 99.7 Å².